The van der Waals surface area contributed by atoms with Crippen LogP contribution < -0.4 is 10.9 Å². The quantitative estimate of drug-likeness (QED) is 0.910. The molecule has 0 aliphatic heterocycles. The van der Waals surface area contributed by atoms with Crippen LogP contribution in [0.2, 0.25) is 0 Å². The number of nitrogens with zero attached hydrogens (tertiary/aromatic N) is 2. The van der Waals surface area contributed by atoms with Gasteiger partial charge >= 0.3 is 6.18 Å². The van der Waals surface area contributed by atoms with Gasteiger partial charge in [-0.1, -0.05) is 19.1 Å². The van der Waals surface area contributed by atoms with Crippen molar-refractivity contribution in [1.82, 2.24) is 14.9 Å². The summed E-state index contributed by atoms with van der Waals surface area (Å²) in [5.74, 6) is -0.303. The lowest BCUT2D eigenvalue weighted by atomic mass is 10.1. The second-order valence-electron chi connectivity index (χ2n) is 5.17. The van der Waals surface area contributed by atoms with Gasteiger partial charge in [-0.2, -0.15) is 13.2 Å². The summed E-state index contributed by atoms with van der Waals surface area (Å²) in [5.41, 5.74) is -0.583. The van der Waals surface area contributed by atoms with E-state index < -0.39 is 17.3 Å². The fourth-order valence-corrected chi connectivity index (χ4v) is 2.01. The van der Waals surface area contributed by atoms with E-state index >= 15 is 0 Å². The monoisotopic (exact) mass is 339 g/mol. The Hall–Kier alpha value is -2.64. The van der Waals surface area contributed by atoms with Gasteiger partial charge in [0.1, 0.15) is 6.54 Å². The van der Waals surface area contributed by atoms with Crippen molar-refractivity contribution in [3.63, 3.8) is 0 Å². The van der Waals surface area contributed by atoms with Gasteiger partial charge in [-0.25, -0.2) is 4.98 Å². The molecule has 1 aromatic carbocycles. The Kier molecular flexibility index (Phi) is 5.38. The lowest BCUT2D eigenvalue weighted by Crippen LogP contribution is -2.32. The molecule has 0 atom stereocenters. The molecule has 0 aliphatic carbocycles. The Morgan fingerprint density at radius 2 is 1.92 bits per heavy atom. The van der Waals surface area contributed by atoms with Crippen LogP contribution in [0.3, 0.4) is 0 Å². The number of hydrogen-bond acceptors (Lipinski definition) is 3. The first kappa shape index (κ1) is 17.7. The van der Waals surface area contributed by atoms with E-state index in [1.165, 1.54) is 24.5 Å². The molecule has 0 fully saturated rings. The fraction of sp³-hybridized carbons (Fsp3) is 0.312. The highest BCUT2D eigenvalue weighted by Crippen LogP contribution is 2.30. The molecular formula is C16H16F3N3O2. The van der Waals surface area contributed by atoms with Gasteiger partial charge in [-0.15, -0.1) is 0 Å². The maximum atomic E-state index is 12.5. The summed E-state index contributed by atoms with van der Waals surface area (Å²) < 4.78 is 38.8. The molecule has 8 heteroatoms. The molecule has 0 bridgehead atoms. The Bertz CT molecular complexity index is 767. The van der Waals surface area contributed by atoms with Gasteiger partial charge in [0.15, 0.2) is 0 Å². The van der Waals surface area contributed by atoms with Crippen molar-refractivity contribution >= 4 is 5.91 Å². The summed E-state index contributed by atoms with van der Waals surface area (Å²) in [6.45, 7) is 2.27. The van der Waals surface area contributed by atoms with E-state index in [-0.39, 0.29) is 18.1 Å². The zero-order valence-corrected chi connectivity index (χ0v) is 12.9. The van der Waals surface area contributed by atoms with Crippen molar-refractivity contribution < 1.29 is 18.0 Å². The van der Waals surface area contributed by atoms with E-state index in [1.54, 1.807) is 0 Å². The molecule has 0 saturated heterocycles. The van der Waals surface area contributed by atoms with E-state index in [2.05, 4.69) is 10.3 Å². The minimum Gasteiger partial charge on any atom is -0.355 e. The number of alkyl halides is 3. The molecule has 5 nitrogen and oxygen atoms in total. The number of carbonyl (C=O) groups is 1. The van der Waals surface area contributed by atoms with Gasteiger partial charge < -0.3 is 5.32 Å². The van der Waals surface area contributed by atoms with Gasteiger partial charge in [0, 0.05) is 18.2 Å². The van der Waals surface area contributed by atoms with Gasteiger partial charge in [-0.05, 0) is 18.6 Å². The first-order valence-electron chi connectivity index (χ1n) is 7.32. The molecule has 0 radical (unpaired) electrons. The lowest BCUT2D eigenvalue weighted by Gasteiger charge is -2.09. The normalized spacial score (nSPS) is 11.3. The van der Waals surface area contributed by atoms with E-state index in [1.807, 2.05) is 6.92 Å². The van der Waals surface area contributed by atoms with Gasteiger partial charge in [0.05, 0.1) is 17.6 Å². The van der Waals surface area contributed by atoms with Crippen molar-refractivity contribution in [2.75, 3.05) is 6.54 Å². The number of amides is 1. The fourth-order valence-electron chi connectivity index (χ4n) is 2.01. The maximum Gasteiger partial charge on any atom is 0.416 e. The van der Waals surface area contributed by atoms with Crippen LogP contribution in [0.4, 0.5) is 13.2 Å². The number of aromatic nitrogens is 2. The van der Waals surface area contributed by atoms with Crippen LogP contribution in [-0.4, -0.2) is 22.0 Å². The average Bonchev–Trinajstić information content (AvgIpc) is 2.54. The van der Waals surface area contributed by atoms with Gasteiger partial charge in [0.2, 0.25) is 5.91 Å². The number of benzene rings is 1. The predicted octanol–water partition coefficient (Wildman–Crippen LogP) is 2.46. The van der Waals surface area contributed by atoms with Crippen LogP contribution >= 0.6 is 0 Å². The van der Waals surface area contributed by atoms with E-state index in [4.69, 9.17) is 0 Å². The van der Waals surface area contributed by atoms with Gasteiger partial charge in [0.25, 0.3) is 5.56 Å². The first-order chi connectivity index (χ1) is 11.3. The highest BCUT2D eigenvalue weighted by Gasteiger charge is 2.30. The summed E-state index contributed by atoms with van der Waals surface area (Å²) in [6.07, 6.45) is -2.42. The Balaban J connectivity index is 2.17. The summed E-state index contributed by atoms with van der Waals surface area (Å²) in [6, 6.07) is 5.56. The molecule has 0 spiro atoms. The molecule has 2 aromatic rings. The topological polar surface area (TPSA) is 64.0 Å². The minimum absolute atomic E-state index is 0.154. The summed E-state index contributed by atoms with van der Waals surface area (Å²) in [4.78, 5) is 27.7. The second kappa shape index (κ2) is 7.29. The number of nitrogens with one attached hydrogen (secondary N) is 1. The van der Waals surface area contributed by atoms with Crippen LogP contribution in [0.5, 0.6) is 0 Å². The molecule has 24 heavy (non-hydrogen) atoms. The third-order valence-corrected chi connectivity index (χ3v) is 3.27. The molecule has 1 N–H and O–H groups in total. The van der Waals surface area contributed by atoms with E-state index in [9.17, 15) is 22.8 Å². The smallest absolute Gasteiger partial charge is 0.355 e. The Morgan fingerprint density at radius 3 is 2.46 bits per heavy atom. The molecule has 0 saturated carbocycles. The van der Waals surface area contributed by atoms with Crippen molar-refractivity contribution in [1.29, 1.82) is 0 Å². The molecule has 2 rings (SSSR count). The zero-order valence-electron chi connectivity index (χ0n) is 12.9. The molecule has 1 heterocycles. The number of carbonyl (C=O) groups excluding carboxylic acids is 1. The van der Waals surface area contributed by atoms with Crippen LogP contribution in [-0.2, 0) is 17.5 Å². The average molecular weight is 339 g/mol. The number of hydrogen-bond donors (Lipinski definition) is 1. The van der Waals surface area contributed by atoms with Gasteiger partial charge in [-0.3, -0.25) is 14.2 Å². The van der Waals surface area contributed by atoms with Crippen LogP contribution in [0.15, 0.2) is 41.5 Å². The molecule has 0 unspecified atom stereocenters. The van der Waals surface area contributed by atoms with Crippen molar-refractivity contribution in [3.05, 3.63) is 52.6 Å². The Morgan fingerprint density at radius 1 is 1.25 bits per heavy atom. The third kappa shape index (κ3) is 4.43. The predicted molar refractivity (Wildman–Crippen MR) is 82.2 cm³/mol. The third-order valence-electron chi connectivity index (χ3n) is 3.27. The molecule has 1 aromatic heterocycles. The molecule has 128 valence electrons. The number of halogens is 3. The largest absolute Gasteiger partial charge is 0.416 e. The zero-order chi connectivity index (χ0) is 17.7. The maximum absolute atomic E-state index is 12.5. The van der Waals surface area contributed by atoms with Crippen LogP contribution in [0.1, 0.15) is 18.9 Å². The van der Waals surface area contributed by atoms with E-state index in [0.717, 1.165) is 23.1 Å². The summed E-state index contributed by atoms with van der Waals surface area (Å²) >= 11 is 0. The van der Waals surface area contributed by atoms with Crippen molar-refractivity contribution in [3.8, 4) is 11.3 Å². The first-order valence-corrected chi connectivity index (χ1v) is 7.32. The molecule has 1 amide bonds. The second-order valence-corrected chi connectivity index (χ2v) is 5.17. The highest BCUT2D eigenvalue weighted by molar-refractivity contribution is 5.75. The van der Waals surface area contributed by atoms with Crippen molar-refractivity contribution in [2.24, 2.45) is 0 Å². The van der Waals surface area contributed by atoms with Crippen molar-refractivity contribution in [2.45, 2.75) is 26.1 Å². The van der Waals surface area contributed by atoms with Crippen LogP contribution in [0.25, 0.3) is 11.3 Å². The molecular weight excluding hydrogens is 323 g/mol. The Labute approximate surface area is 136 Å². The number of rotatable bonds is 5. The standard InChI is InChI=1S/C16H16F3N3O2/c1-2-7-20-14(23)9-22-10-21-13(8-15(22)24)11-3-5-12(6-4-11)16(17,18)19/h3-6,8,10H,2,7,9H2,1H3,(H,20,23). The summed E-state index contributed by atoms with van der Waals surface area (Å²) in [5, 5.41) is 2.64. The lowest BCUT2D eigenvalue weighted by molar-refractivity contribution is -0.137. The minimum atomic E-state index is -4.42. The van der Waals surface area contributed by atoms with Crippen LogP contribution in [0, 0.1) is 0 Å². The summed E-state index contributed by atoms with van der Waals surface area (Å²) in [7, 11) is 0. The molecule has 0 aliphatic rings. The van der Waals surface area contributed by atoms with E-state index in [0.29, 0.717) is 12.1 Å². The SMILES string of the molecule is CCCNC(=O)Cn1cnc(-c2ccc(C(F)(F)F)cc2)cc1=O. The highest BCUT2D eigenvalue weighted by atomic mass is 19.4.